The predicted octanol–water partition coefficient (Wildman–Crippen LogP) is 7.72. The highest BCUT2D eigenvalue weighted by Gasteiger charge is 1.94. The predicted molar refractivity (Wildman–Crippen MR) is 117 cm³/mol. The van der Waals surface area contributed by atoms with Gasteiger partial charge in [-0.25, -0.2) is 0 Å². The summed E-state index contributed by atoms with van der Waals surface area (Å²) < 4.78 is 5.59. The fraction of sp³-hybridized carbons (Fsp3) is 0.500. The highest BCUT2D eigenvalue weighted by Crippen LogP contribution is 2.20. The molecule has 0 spiro atoms. The molecule has 0 N–H and O–H groups in total. The van der Waals surface area contributed by atoms with Crippen molar-refractivity contribution in [2.75, 3.05) is 12.8 Å². The Labute approximate surface area is 158 Å². The van der Waals surface area contributed by atoms with E-state index < -0.39 is 0 Å². The van der Waals surface area contributed by atoms with Crippen LogP contribution in [-0.4, -0.2) is 17.8 Å². The van der Waals surface area contributed by atoms with Gasteiger partial charge in [0.2, 0.25) is 0 Å². The summed E-state index contributed by atoms with van der Waals surface area (Å²) in [7, 11) is 1.17. The minimum atomic E-state index is 0.809. The highest BCUT2D eigenvalue weighted by molar-refractivity contribution is 7.36. The second-order valence-corrected chi connectivity index (χ2v) is 6.12. The summed E-state index contributed by atoms with van der Waals surface area (Å²) in [5.74, 6) is 1.66. The van der Waals surface area contributed by atoms with Crippen LogP contribution in [0, 0.1) is 6.92 Å². The smallest absolute Gasteiger partial charge is 0.130 e. The van der Waals surface area contributed by atoms with Crippen molar-refractivity contribution >= 4 is 8.58 Å². The van der Waals surface area contributed by atoms with E-state index in [1.54, 1.807) is 12.4 Å². The number of ether oxygens (including phenoxy) is 1. The lowest BCUT2D eigenvalue weighted by Crippen LogP contribution is -1.83. The van der Waals surface area contributed by atoms with E-state index in [9.17, 15) is 0 Å². The van der Waals surface area contributed by atoms with E-state index in [0.29, 0.717) is 0 Å². The summed E-state index contributed by atoms with van der Waals surface area (Å²) in [6, 6.07) is 11.6. The van der Waals surface area contributed by atoms with Crippen LogP contribution in [0.3, 0.4) is 0 Å². The van der Waals surface area contributed by atoms with Gasteiger partial charge < -0.3 is 4.74 Å². The van der Waals surface area contributed by atoms with Crippen molar-refractivity contribution in [2.24, 2.45) is 0 Å². The van der Waals surface area contributed by atoms with Crippen LogP contribution < -0.4 is 4.74 Å². The molecule has 0 amide bonds. The van der Waals surface area contributed by atoms with Gasteiger partial charge in [0.05, 0.1) is 0 Å². The number of pyridine rings is 1. The highest BCUT2D eigenvalue weighted by atomic mass is 31.1. The molecule has 1 atom stereocenters. The van der Waals surface area contributed by atoms with E-state index >= 15 is 0 Å². The van der Waals surface area contributed by atoms with Crippen molar-refractivity contribution in [2.45, 2.75) is 60.8 Å². The van der Waals surface area contributed by atoms with E-state index in [-0.39, 0.29) is 0 Å². The van der Waals surface area contributed by atoms with Gasteiger partial charge in [0.25, 0.3) is 0 Å². The van der Waals surface area contributed by atoms with Crippen LogP contribution in [0.1, 0.15) is 59.4 Å². The summed E-state index contributed by atoms with van der Waals surface area (Å²) in [5.41, 5.74) is 1.23. The largest absolute Gasteiger partial charge is 0.457 e. The molecule has 0 saturated carbocycles. The summed E-state index contributed by atoms with van der Waals surface area (Å²) >= 11 is 0. The second-order valence-electron chi connectivity index (χ2n) is 4.91. The average molecular weight is 364 g/mol. The van der Waals surface area contributed by atoms with Crippen LogP contribution in [0.5, 0.6) is 11.5 Å². The van der Waals surface area contributed by atoms with Gasteiger partial charge in [-0.2, -0.15) is 0 Å². The van der Waals surface area contributed by atoms with Crippen LogP contribution >= 0.6 is 8.58 Å². The molecule has 1 aromatic carbocycles. The molecule has 2 nitrogen and oxygen atoms in total. The third kappa shape index (κ3) is 15.8. The van der Waals surface area contributed by atoms with Gasteiger partial charge in [0, 0.05) is 12.4 Å². The Morgan fingerprint density at radius 1 is 0.840 bits per heavy atom. The van der Waals surface area contributed by atoms with E-state index in [0.717, 1.165) is 11.5 Å². The first-order valence-electron chi connectivity index (χ1n) is 9.55. The summed E-state index contributed by atoms with van der Waals surface area (Å²) in [6.07, 6.45) is 9.12. The quantitative estimate of drug-likeness (QED) is 0.387. The maximum atomic E-state index is 5.59. The van der Waals surface area contributed by atoms with E-state index in [1.165, 1.54) is 39.6 Å². The maximum Gasteiger partial charge on any atom is 0.130 e. The molecule has 2 aromatic rings. The van der Waals surface area contributed by atoms with Crippen LogP contribution in [-0.2, 0) is 0 Å². The summed E-state index contributed by atoms with van der Waals surface area (Å²) in [4.78, 5) is 3.92. The van der Waals surface area contributed by atoms with Crippen LogP contribution in [0.4, 0.5) is 0 Å². The Hall–Kier alpha value is -1.40. The number of nitrogens with zero attached hydrogens (tertiary/aromatic N) is 1. The van der Waals surface area contributed by atoms with Gasteiger partial charge in [-0.3, -0.25) is 4.98 Å². The molecule has 25 heavy (non-hydrogen) atoms. The molecular formula is C22H38NOP. The van der Waals surface area contributed by atoms with E-state index in [4.69, 9.17) is 4.74 Å². The monoisotopic (exact) mass is 363 g/mol. The number of aromatic nitrogens is 1. The zero-order valence-electron chi connectivity index (χ0n) is 17.3. The van der Waals surface area contributed by atoms with Crippen molar-refractivity contribution in [1.82, 2.24) is 4.98 Å². The van der Waals surface area contributed by atoms with Crippen molar-refractivity contribution < 1.29 is 4.74 Å². The summed E-state index contributed by atoms with van der Waals surface area (Å²) in [5, 5.41) is 0. The van der Waals surface area contributed by atoms with Gasteiger partial charge in [-0.1, -0.05) is 65.2 Å². The van der Waals surface area contributed by atoms with Gasteiger partial charge in [0.15, 0.2) is 0 Å². The fourth-order valence-electron chi connectivity index (χ4n) is 1.70. The zero-order chi connectivity index (χ0) is 19.3. The maximum absolute atomic E-state index is 5.59. The summed E-state index contributed by atoms with van der Waals surface area (Å²) in [6.45, 7) is 14.6. The average Bonchev–Trinajstić information content (AvgIpc) is 2.69. The third-order valence-corrected chi connectivity index (χ3v) is 3.79. The van der Waals surface area contributed by atoms with E-state index in [2.05, 4.69) is 25.5 Å². The molecule has 0 fully saturated rings. The molecule has 0 saturated heterocycles. The first-order valence-corrected chi connectivity index (χ1v) is 11.3. The molecule has 1 unspecified atom stereocenters. The van der Waals surface area contributed by atoms with Gasteiger partial charge in [-0.05, 0) is 50.4 Å². The number of hydrogen-bond donors (Lipinski definition) is 0. The molecule has 3 heteroatoms. The Kier molecular flexibility index (Phi) is 21.3. The first-order chi connectivity index (χ1) is 12.3. The van der Waals surface area contributed by atoms with Crippen LogP contribution in [0.25, 0.3) is 0 Å². The molecular weight excluding hydrogens is 325 g/mol. The minimum absolute atomic E-state index is 0.809. The standard InChI is InChI=1S/C12H11NO.C6H15P.2C2H6/c1-10-2-4-11(5-3-10)14-12-6-8-13-9-7-12;1-3-4-5-6-7-2;2*1-2/h2-9H,1H3;7H,3-6H2,1-2H3;2*1-2H3. The first kappa shape index (κ1) is 25.8. The molecule has 1 heterocycles. The minimum Gasteiger partial charge on any atom is -0.457 e. The topological polar surface area (TPSA) is 22.1 Å². The Balaban J connectivity index is 0. The fourth-order valence-corrected chi connectivity index (χ4v) is 2.30. The van der Waals surface area contributed by atoms with Crippen molar-refractivity contribution in [3.05, 3.63) is 54.4 Å². The Morgan fingerprint density at radius 2 is 1.36 bits per heavy atom. The van der Waals surface area contributed by atoms with Gasteiger partial charge in [-0.15, -0.1) is 8.58 Å². The number of benzene rings is 1. The molecule has 0 bridgehead atoms. The molecule has 1 aromatic heterocycles. The normalized spacial score (nSPS) is 9.08. The Morgan fingerprint density at radius 3 is 1.84 bits per heavy atom. The molecule has 142 valence electrons. The lowest BCUT2D eigenvalue weighted by Gasteiger charge is -2.04. The number of rotatable bonds is 6. The molecule has 2 rings (SSSR count). The van der Waals surface area contributed by atoms with Crippen molar-refractivity contribution in [3.8, 4) is 11.5 Å². The van der Waals surface area contributed by atoms with Crippen molar-refractivity contribution in [3.63, 3.8) is 0 Å². The van der Waals surface area contributed by atoms with Crippen LogP contribution in [0.2, 0.25) is 0 Å². The van der Waals surface area contributed by atoms with E-state index in [1.807, 2.05) is 64.1 Å². The molecule has 0 aliphatic carbocycles. The van der Waals surface area contributed by atoms with Crippen molar-refractivity contribution in [1.29, 1.82) is 0 Å². The molecule has 0 radical (unpaired) electrons. The number of unbranched alkanes of at least 4 members (excludes halogenated alkanes) is 2. The number of aryl methyl sites for hydroxylation is 1. The van der Waals surface area contributed by atoms with Gasteiger partial charge in [0.1, 0.15) is 11.5 Å². The second kappa shape index (κ2) is 20.6. The van der Waals surface area contributed by atoms with Crippen LogP contribution in [0.15, 0.2) is 48.8 Å². The lowest BCUT2D eigenvalue weighted by atomic mass is 10.2. The molecule has 0 aliphatic heterocycles. The lowest BCUT2D eigenvalue weighted by molar-refractivity contribution is 0.482. The SMILES string of the molecule is CC.CC.CCCCCPC.Cc1ccc(Oc2ccncc2)cc1. The molecule has 0 aliphatic rings. The van der Waals surface area contributed by atoms with Gasteiger partial charge >= 0.3 is 0 Å². The number of hydrogen-bond acceptors (Lipinski definition) is 2. The zero-order valence-corrected chi connectivity index (χ0v) is 18.3. The Bertz CT molecular complexity index is 467. The third-order valence-electron chi connectivity index (χ3n) is 2.94.